The van der Waals surface area contributed by atoms with E-state index in [4.69, 9.17) is 4.18 Å². The summed E-state index contributed by atoms with van der Waals surface area (Å²) < 4.78 is 4.93. The van der Waals surface area contributed by atoms with E-state index in [9.17, 15) is 0 Å². The van der Waals surface area contributed by atoms with Crippen molar-refractivity contribution in [2.24, 2.45) is 0 Å². The molecule has 0 amide bonds. The van der Waals surface area contributed by atoms with Crippen molar-refractivity contribution >= 4 is 18.0 Å². The summed E-state index contributed by atoms with van der Waals surface area (Å²) >= 11 is 0. The quantitative estimate of drug-likeness (QED) is 0.379. The third kappa shape index (κ3) is 4.74. The van der Waals surface area contributed by atoms with Gasteiger partial charge < -0.3 is 0 Å². The third-order valence-electron chi connectivity index (χ3n) is 0.288. The Bertz CT molecular complexity index is 82.5. The van der Waals surface area contributed by atoms with Gasteiger partial charge >= 0.3 is 41.9 Å². The molecule has 1 nitrogen and oxygen atoms in total. The van der Waals surface area contributed by atoms with Crippen molar-refractivity contribution in [3.05, 3.63) is 0 Å². The average molecular weight is 123 g/mol. The van der Waals surface area contributed by atoms with E-state index < -0.39 is 0 Å². The van der Waals surface area contributed by atoms with E-state index in [1.54, 1.807) is 0 Å². The number of hydrogen-bond donors (Lipinski definition) is 0. The first-order chi connectivity index (χ1) is 2.77. The molecule has 0 heterocycles. The van der Waals surface area contributed by atoms with Gasteiger partial charge in [0.1, 0.15) is 0 Å². The summed E-state index contributed by atoms with van der Waals surface area (Å²) in [5.74, 6) is 0. The first-order valence-electron chi connectivity index (χ1n) is 1.75. The minimum atomic E-state index is -0.121. The Morgan fingerprint density at radius 3 is 2.33 bits per heavy atom. The van der Waals surface area contributed by atoms with Crippen LogP contribution in [0.5, 0.6) is 0 Å². The first kappa shape index (κ1) is 6.74. The van der Waals surface area contributed by atoms with Crippen LogP contribution < -0.4 is 0 Å². The van der Waals surface area contributed by atoms with Crippen LogP contribution in [0.3, 0.4) is 0 Å². The molecule has 0 aromatic carbocycles. The van der Waals surface area contributed by atoms with Crippen molar-refractivity contribution in [1.82, 2.24) is 0 Å². The maximum absolute atomic E-state index is 4.93. The van der Waals surface area contributed by atoms with Crippen molar-refractivity contribution in [3.63, 3.8) is 0 Å². The molecule has 0 aliphatic heterocycles. The van der Waals surface area contributed by atoms with Gasteiger partial charge in [-0.25, -0.2) is 0 Å². The van der Waals surface area contributed by atoms with Gasteiger partial charge in [-0.2, -0.15) is 0 Å². The van der Waals surface area contributed by atoms with Crippen LogP contribution in [-0.4, -0.2) is 12.9 Å². The Kier molecular flexibility index (Phi) is 4.40. The van der Waals surface area contributed by atoms with E-state index in [1.807, 2.05) is 13.2 Å². The molecule has 0 radical (unpaired) electrons. The Morgan fingerprint density at radius 2 is 2.33 bits per heavy atom. The normalized spacial score (nSPS) is 9.67. The minimum absolute atomic E-state index is 0.121. The SMILES string of the molecule is CCO[S-](C)#P. The summed E-state index contributed by atoms with van der Waals surface area (Å²) in [6.07, 6.45) is 1.92. The Balaban J connectivity index is 2.91. The summed E-state index contributed by atoms with van der Waals surface area (Å²) in [6, 6.07) is 0. The molecule has 0 fully saturated rings. The molecule has 3 heteroatoms. The van der Waals surface area contributed by atoms with Crippen LogP contribution >= 0.6 is 7.81 Å². The Morgan fingerprint density at radius 1 is 1.83 bits per heavy atom. The number of hydrogen-bond acceptors (Lipinski definition) is 2. The summed E-state index contributed by atoms with van der Waals surface area (Å²) in [6.45, 7) is 2.73. The predicted octanol–water partition coefficient (Wildman–Crippen LogP) is 1.51. The second-order valence-electron chi connectivity index (χ2n) is 0.830. The van der Waals surface area contributed by atoms with Crippen LogP contribution in [0.25, 0.3) is 0 Å². The van der Waals surface area contributed by atoms with E-state index in [0.717, 1.165) is 6.61 Å². The van der Waals surface area contributed by atoms with E-state index >= 15 is 0 Å². The first-order valence-corrected chi connectivity index (χ1v) is 4.36. The molecule has 0 spiro atoms. The van der Waals surface area contributed by atoms with Crippen molar-refractivity contribution in [2.75, 3.05) is 12.9 Å². The zero-order valence-corrected chi connectivity index (χ0v) is 5.68. The predicted molar refractivity (Wildman–Crippen MR) is 31.8 cm³/mol. The van der Waals surface area contributed by atoms with Gasteiger partial charge in [0.15, 0.2) is 0 Å². The molecule has 0 aliphatic rings. The van der Waals surface area contributed by atoms with Crippen LogP contribution in [-0.2, 0) is 14.3 Å². The second kappa shape index (κ2) is 3.91. The fourth-order valence-corrected chi connectivity index (χ4v) is 0.828. The standard InChI is InChI=1S/C3H8OPS/c1-3-4-6(2)5/h3H2,1-2H3/q-1. The molecule has 0 saturated heterocycles. The van der Waals surface area contributed by atoms with Crippen LogP contribution in [0.2, 0.25) is 0 Å². The molecule has 6 heavy (non-hydrogen) atoms. The van der Waals surface area contributed by atoms with Gasteiger partial charge in [0.2, 0.25) is 0 Å². The molecule has 38 valence electrons. The zero-order chi connectivity index (χ0) is 4.99. The molecule has 0 rings (SSSR count). The van der Waals surface area contributed by atoms with Crippen LogP contribution in [0, 0.1) is 0 Å². The van der Waals surface area contributed by atoms with E-state index in [0.29, 0.717) is 0 Å². The second-order valence-corrected chi connectivity index (χ2v) is 3.46. The van der Waals surface area contributed by atoms with Gasteiger partial charge in [-0.05, 0) is 0 Å². The van der Waals surface area contributed by atoms with Gasteiger partial charge in [-0.1, -0.05) is 0 Å². The van der Waals surface area contributed by atoms with Gasteiger partial charge in [0, 0.05) is 0 Å². The molecular weight excluding hydrogens is 115 g/mol. The van der Waals surface area contributed by atoms with Crippen LogP contribution in [0.15, 0.2) is 0 Å². The van der Waals surface area contributed by atoms with Crippen molar-refractivity contribution in [2.45, 2.75) is 6.92 Å². The molecular formula is C3H8OPS-. The zero-order valence-electron chi connectivity index (χ0n) is 3.97. The summed E-state index contributed by atoms with van der Waals surface area (Å²) in [5, 5.41) is 0. The van der Waals surface area contributed by atoms with E-state index in [2.05, 4.69) is 7.81 Å². The molecule has 0 saturated carbocycles. The van der Waals surface area contributed by atoms with Gasteiger partial charge in [-0.15, -0.1) is 0 Å². The van der Waals surface area contributed by atoms with E-state index in [-0.39, 0.29) is 10.2 Å². The molecule has 0 unspecified atom stereocenters. The summed E-state index contributed by atoms with van der Waals surface area (Å²) in [4.78, 5) is 0. The molecule has 0 aromatic heterocycles. The maximum atomic E-state index is 4.93. The topological polar surface area (TPSA) is 9.23 Å². The monoisotopic (exact) mass is 123 g/mol. The fourth-order valence-electron chi connectivity index (χ4n) is 0.171. The van der Waals surface area contributed by atoms with Gasteiger partial charge in [0.05, 0.1) is 0 Å². The van der Waals surface area contributed by atoms with Crippen molar-refractivity contribution in [1.29, 1.82) is 0 Å². The fraction of sp³-hybridized carbons (Fsp3) is 1.00. The number of rotatable bonds is 1. The summed E-state index contributed by atoms with van der Waals surface area (Å²) in [5.41, 5.74) is 0. The average Bonchev–Trinajstić information content (AvgIpc) is 1.35. The Hall–Kier alpha value is 0.740. The van der Waals surface area contributed by atoms with E-state index in [1.165, 1.54) is 0 Å². The molecule has 0 bridgehead atoms. The van der Waals surface area contributed by atoms with Crippen LogP contribution in [0.1, 0.15) is 6.92 Å². The van der Waals surface area contributed by atoms with Gasteiger partial charge in [0.25, 0.3) is 0 Å². The van der Waals surface area contributed by atoms with Crippen LogP contribution in [0.4, 0.5) is 0 Å². The molecule has 0 atom stereocenters. The molecule has 0 aliphatic carbocycles. The summed E-state index contributed by atoms with van der Waals surface area (Å²) in [7, 11) is 3.86. The molecule has 0 N–H and O–H groups in total. The van der Waals surface area contributed by atoms with Crippen molar-refractivity contribution in [3.8, 4) is 0 Å². The Labute approximate surface area is 42.7 Å². The van der Waals surface area contributed by atoms with Gasteiger partial charge in [-0.3, -0.25) is 0 Å². The molecule has 0 aromatic rings. The van der Waals surface area contributed by atoms with Crippen molar-refractivity contribution < 1.29 is 4.18 Å². The third-order valence-corrected chi connectivity index (χ3v) is 1.18.